The molecule has 0 unspecified atom stereocenters. The van der Waals surface area contributed by atoms with E-state index < -0.39 is 0 Å². The van der Waals surface area contributed by atoms with Crippen molar-refractivity contribution in [3.63, 3.8) is 0 Å². The molecule has 0 amide bonds. The standard InChI is InChI=1S/C16H20N2O2/c1-4-20-15(19)9-10-18(3)16-12(2)11-13-7-5-6-8-14(13)17-16/h5-8,11H,4,9-10H2,1-3H3. The van der Waals surface area contributed by atoms with Crippen LogP contribution in [0.4, 0.5) is 5.82 Å². The average Bonchev–Trinajstić information content (AvgIpc) is 2.44. The zero-order chi connectivity index (χ0) is 14.5. The van der Waals surface area contributed by atoms with E-state index in [1.807, 2.05) is 44.0 Å². The third-order valence-electron chi connectivity index (χ3n) is 3.21. The van der Waals surface area contributed by atoms with Crippen molar-refractivity contribution in [2.24, 2.45) is 0 Å². The molecule has 0 spiro atoms. The van der Waals surface area contributed by atoms with E-state index in [0.717, 1.165) is 22.3 Å². The van der Waals surface area contributed by atoms with Gasteiger partial charge in [-0.05, 0) is 31.5 Å². The van der Waals surface area contributed by atoms with Crippen LogP contribution in [0.5, 0.6) is 0 Å². The molecular formula is C16H20N2O2. The summed E-state index contributed by atoms with van der Waals surface area (Å²) < 4.78 is 4.94. The first kappa shape index (κ1) is 14.3. The van der Waals surface area contributed by atoms with E-state index in [0.29, 0.717) is 19.6 Å². The van der Waals surface area contributed by atoms with Gasteiger partial charge in [-0.25, -0.2) is 4.98 Å². The summed E-state index contributed by atoms with van der Waals surface area (Å²) in [5, 5.41) is 1.13. The van der Waals surface area contributed by atoms with Crippen molar-refractivity contribution in [2.45, 2.75) is 20.3 Å². The van der Waals surface area contributed by atoms with Gasteiger partial charge in [0.15, 0.2) is 0 Å². The molecule has 4 heteroatoms. The number of aromatic nitrogens is 1. The van der Waals surface area contributed by atoms with Crippen LogP contribution >= 0.6 is 0 Å². The van der Waals surface area contributed by atoms with Crippen molar-refractivity contribution in [3.05, 3.63) is 35.9 Å². The zero-order valence-electron chi connectivity index (χ0n) is 12.2. The molecule has 0 saturated heterocycles. The number of esters is 1. The number of carbonyl (C=O) groups is 1. The van der Waals surface area contributed by atoms with E-state index in [4.69, 9.17) is 4.74 Å². The summed E-state index contributed by atoms with van der Waals surface area (Å²) in [5.41, 5.74) is 2.08. The molecule has 0 N–H and O–H groups in total. The van der Waals surface area contributed by atoms with E-state index in [2.05, 4.69) is 17.1 Å². The summed E-state index contributed by atoms with van der Waals surface area (Å²) in [5.74, 6) is 0.741. The Morgan fingerprint density at radius 3 is 2.85 bits per heavy atom. The molecule has 0 radical (unpaired) electrons. The minimum atomic E-state index is -0.169. The van der Waals surface area contributed by atoms with Crippen LogP contribution in [0.15, 0.2) is 30.3 Å². The largest absolute Gasteiger partial charge is 0.466 e. The second-order valence-corrected chi connectivity index (χ2v) is 4.80. The Morgan fingerprint density at radius 2 is 2.10 bits per heavy atom. The van der Waals surface area contributed by atoms with Crippen LogP contribution in [-0.4, -0.2) is 31.2 Å². The summed E-state index contributed by atoms with van der Waals surface area (Å²) in [6.07, 6.45) is 0.373. The van der Waals surface area contributed by atoms with E-state index in [-0.39, 0.29) is 5.97 Å². The first-order valence-corrected chi connectivity index (χ1v) is 6.85. The molecular weight excluding hydrogens is 252 g/mol. The Kier molecular flexibility index (Phi) is 4.56. The van der Waals surface area contributed by atoms with Crippen molar-refractivity contribution >= 4 is 22.7 Å². The van der Waals surface area contributed by atoms with Gasteiger partial charge < -0.3 is 9.64 Å². The second kappa shape index (κ2) is 6.37. The highest BCUT2D eigenvalue weighted by atomic mass is 16.5. The third kappa shape index (κ3) is 3.26. The Hall–Kier alpha value is -2.10. The number of ether oxygens (including phenoxy) is 1. The van der Waals surface area contributed by atoms with E-state index in [9.17, 15) is 4.79 Å². The van der Waals surface area contributed by atoms with Gasteiger partial charge in [-0.15, -0.1) is 0 Å². The summed E-state index contributed by atoms with van der Waals surface area (Å²) in [6, 6.07) is 10.2. The number of fused-ring (bicyclic) bond motifs is 1. The lowest BCUT2D eigenvalue weighted by atomic mass is 10.1. The summed E-state index contributed by atoms with van der Waals surface area (Å²) in [4.78, 5) is 18.1. The summed E-state index contributed by atoms with van der Waals surface area (Å²) in [6.45, 7) is 4.88. The molecule has 0 fully saturated rings. The van der Waals surface area contributed by atoms with Gasteiger partial charge >= 0.3 is 5.97 Å². The van der Waals surface area contributed by atoms with Gasteiger partial charge in [-0.2, -0.15) is 0 Å². The minimum Gasteiger partial charge on any atom is -0.466 e. The van der Waals surface area contributed by atoms with Crippen LogP contribution in [0.1, 0.15) is 18.9 Å². The average molecular weight is 272 g/mol. The number of nitrogens with zero attached hydrogens (tertiary/aromatic N) is 2. The number of hydrogen-bond acceptors (Lipinski definition) is 4. The van der Waals surface area contributed by atoms with Crippen LogP contribution < -0.4 is 4.90 Å². The Morgan fingerprint density at radius 1 is 1.35 bits per heavy atom. The van der Waals surface area contributed by atoms with Crippen LogP contribution in [-0.2, 0) is 9.53 Å². The van der Waals surface area contributed by atoms with Crippen LogP contribution in [0.25, 0.3) is 10.9 Å². The maximum atomic E-state index is 11.4. The lowest BCUT2D eigenvalue weighted by molar-refractivity contribution is -0.142. The van der Waals surface area contributed by atoms with Crippen molar-refractivity contribution in [3.8, 4) is 0 Å². The van der Waals surface area contributed by atoms with Gasteiger partial charge in [-0.3, -0.25) is 4.79 Å². The highest BCUT2D eigenvalue weighted by Gasteiger charge is 2.10. The fourth-order valence-corrected chi connectivity index (χ4v) is 2.20. The maximum absolute atomic E-state index is 11.4. The molecule has 0 aliphatic carbocycles. The topological polar surface area (TPSA) is 42.4 Å². The number of carbonyl (C=O) groups excluding carboxylic acids is 1. The van der Waals surface area contributed by atoms with Crippen molar-refractivity contribution in [1.29, 1.82) is 0 Å². The second-order valence-electron chi connectivity index (χ2n) is 4.80. The molecule has 20 heavy (non-hydrogen) atoms. The number of hydrogen-bond donors (Lipinski definition) is 0. The molecule has 106 valence electrons. The fraction of sp³-hybridized carbons (Fsp3) is 0.375. The van der Waals surface area contributed by atoms with Crippen LogP contribution in [0.2, 0.25) is 0 Å². The number of para-hydroxylation sites is 1. The minimum absolute atomic E-state index is 0.169. The van der Waals surface area contributed by atoms with E-state index >= 15 is 0 Å². The van der Waals surface area contributed by atoms with Crippen molar-refractivity contribution in [1.82, 2.24) is 4.98 Å². The zero-order valence-corrected chi connectivity index (χ0v) is 12.2. The molecule has 2 aromatic rings. The normalized spacial score (nSPS) is 10.6. The number of pyridine rings is 1. The van der Waals surface area contributed by atoms with Gasteiger partial charge in [0.2, 0.25) is 0 Å². The van der Waals surface area contributed by atoms with Gasteiger partial charge in [0.25, 0.3) is 0 Å². The molecule has 1 aromatic heterocycles. The molecule has 0 atom stereocenters. The van der Waals surface area contributed by atoms with Crippen LogP contribution in [0, 0.1) is 6.92 Å². The molecule has 1 aromatic carbocycles. The predicted molar refractivity (Wildman–Crippen MR) is 81.0 cm³/mol. The SMILES string of the molecule is CCOC(=O)CCN(C)c1nc2ccccc2cc1C. The molecule has 2 rings (SSSR count). The summed E-state index contributed by atoms with van der Waals surface area (Å²) >= 11 is 0. The van der Waals surface area contributed by atoms with Gasteiger partial charge in [0, 0.05) is 19.0 Å². The Balaban J connectivity index is 2.15. The van der Waals surface area contributed by atoms with E-state index in [1.165, 1.54) is 0 Å². The van der Waals surface area contributed by atoms with E-state index in [1.54, 1.807) is 0 Å². The lowest BCUT2D eigenvalue weighted by Gasteiger charge is -2.20. The number of rotatable bonds is 5. The molecule has 1 heterocycles. The van der Waals surface area contributed by atoms with Gasteiger partial charge in [0.05, 0.1) is 18.5 Å². The maximum Gasteiger partial charge on any atom is 0.307 e. The highest BCUT2D eigenvalue weighted by Crippen LogP contribution is 2.22. The first-order valence-electron chi connectivity index (χ1n) is 6.85. The monoisotopic (exact) mass is 272 g/mol. The van der Waals surface area contributed by atoms with Gasteiger partial charge in [0.1, 0.15) is 5.82 Å². The predicted octanol–water partition coefficient (Wildman–Crippen LogP) is 2.93. The Labute approximate surface area is 119 Å². The van der Waals surface area contributed by atoms with Crippen molar-refractivity contribution < 1.29 is 9.53 Å². The van der Waals surface area contributed by atoms with Crippen LogP contribution in [0.3, 0.4) is 0 Å². The molecule has 4 nitrogen and oxygen atoms in total. The number of anilines is 1. The third-order valence-corrected chi connectivity index (χ3v) is 3.21. The molecule has 0 saturated carbocycles. The molecule has 0 aliphatic heterocycles. The number of aryl methyl sites for hydroxylation is 1. The lowest BCUT2D eigenvalue weighted by Crippen LogP contribution is -2.23. The number of benzene rings is 1. The first-order chi connectivity index (χ1) is 9.61. The molecule has 0 aliphatic rings. The summed E-state index contributed by atoms with van der Waals surface area (Å²) in [7, 11) is 1.95. The van der Waals surface area contributed by atoms with Crippen molar-refractivity contribution in [2.75, 3.05) is 25.1 Å². The quantitative estimate of drug-likeness (QED) is 0.785. The Bertz CT molecular complexity index is 610. The molecule has 0 bridgehead atoms. The smallest absolute Gasteiger partial charge is 0.307 e. The van der Waals surface area contributed by atoms with Gasteiger partial charge in [-0.1, -0.05) is 18.2 Å². The fourth-order valence-electron chi connectivity index (χ4n) is 2.20. The highest BCUT2D eigenvalue weighted by molar-refractivity contribution is 5.81.